The number of esters is 1. The zero-order chi connectivity index (χ0) is 11.4. The second kappa shape index (κ2) is 4.96. The van der Waals surface area contributed by atoms with Crippen LogP contribution in [0.25, 0.3) is 5.57 Å². The van der Waals surface area contributed by atoms with Gasteiger partial charge in [0, 0.05) is 6.54 Å². The van der Waals surface area contributed by atoms with Crippen LogP contribution >= 0.6 is 11.6 Å². The summed E-state index contributed by atoms with van der Waals surface area (Å²) in [6.45, 7) is 4.13. The third-order valence-electron chi connectivity index (χ3n) is 2.03. The Balaban J connectivity index is 3.08. The van der Waals surface area contributed by atoms with Gasteiger partial charge in [0.1, 0.15) is 0 Å². The maximum Gasteiger partial charge on any atom is 0.339 e. The summed E-state index contributed by atoms with van der Waals surface area (Å²) >= 11 is 5.92. The molecule has 1 rings (SSSR count). The van der Waals surface area contributed by atoms with Gasteiger partial charge in [-0.3, -0.25) is 0 Å². The summed E-state index contributed by atoms with van der Waals surface area (Å²) in [5.41, 5.74) is 7.38. The number of hydrogen-bond acceptors (Lipinski definition) is 3. The molecule has 0 spiro atoms. The molecule has 0 aromatic heterocycles. The molecule has 3 nitrogen and oxygen atoms in total. The number of carbonyl (C=O) groups is 1. The highest BCUT2D eigenvalue weighted by Crippen LogP contribution is 2.22. The highest BCUT2D eigenvalue weighted by molar-refractivity contribution is 6.33. The average Bonchev–Trinajstić information content (AvgIpc) is 2.26. The standard InChI is InChI=1S/C11H12ClNO2/c1-7(6-13)8-3-4-9(10(12)5-8)11(14)15-2/h3-5H,1,6,13H2,2H3. The van der Waals surface area contributed by atoms with Gasteiger partial charge in [-0.2, -0.15) is 0 Å². The fraction of sp³-hybridized carbons (Fsp3) is 0.182. The molecular formula is C11H12ClNO2. The number of hydrogen-bond donors (Lipinski definition) is 1. The molecule has 1 aromatic carbocycles. The second-order valence-corrected chi connectivity index (χ2v) is 3.40. The lowest BCUT2D eigenvalue weighted by molar-refractivity contribution is 0.0601. The highest BCUT2D eigenvalue weighted by atomic mass is 35.5. The Labute approximate surface area is 93.5 Å². The SMILES string of the molecule is C=C(CN)c1ccc(C(=O)OC)c(Cl)c1. The van der Waals surface area contributed by atoms with Gasteiger partial charge in [-0.15, -0.1) is 0 Å². The van der Waals surface area contributed by atoms with Crippen LogP contribution in [0.2, 0.25) is 5.02 Å². The Morgan fingerprint density at radius 1 is 1.60 bits per heavy atom. The molecule has 0 saturated heterocycles. The van der Waals surface area contributed by atoms with Crippen molar-refractivity contribution in [3.8, 4) is 0 Å². The lowest BCUT2D eigenvalue weighted by Crippen LogP contribution is -2.04. The summed E-state index contributed by atoms with van der Waals surface area (Å²) in [7, 11) is 1.31. The lowest BCUT2D eigenvalue weighted by atomic mass is 10.1. The van der Waals surface area contributed by atoms with Crippen LogP contribution in [-0.2, 0) is 4.74 Å². The highest BCUT2D eigenvalue weighted by Gasteiger charge is 2.11. The predicted molar refractivity (Wildman–Crippen MR) is 60.9 cm³/mol. The first-order chi connectivity index (χ1) is 7.10. The molecule has 0 amide bonds. The van der Waals surface area contributed by atoms with Crippen LogP contribution in [0.5, 0.6) is 0 Å². The van der Waals surface area contributed by atoms with E-state index in [-0.39, 0.29) is 0 Å². The van der Waals surface area contributed by atoms with Gasteiger partial charge in [0.15, 0.2) is 0 Å². The predicted octanol–water partition coefficient (Wildman–Crippen LogP) is 2.10. The first-order valence-electron chi connectivity index (χ1n) is 4.36. The van der Waals surface area contributed by atoms with E-state index in [1.54, 1.807) is 18.2 Å². The zero-order valence-corrected chi connectivity index (χ0v) is 9.17. The first kappa shape index (κ1) is 11.8. The van der Waals surface area contributed by atoms with Crippen LogP contribution in [-0.4, -0.2) is 19.6 Å². The van der Waals surface area contributed by atoms with Crippen LogP contribution in [0.4, 0.5) is 0 Å². The quantitative estimate of drug-likeness (QED) is 0.802. The van der Waals surface area contributed by atoms with Gasteiger partial charge in [-0.05, 0) is 23.3 Å². The largest absolute Gasteiger partial charge is 0.465 e. The van der Waals surface area contributed by atoms with Gasteiger partial charge in [0.05, 0.1) is 17.7 Å². The fourth-order valence-electron chi connectivity index (χ4n) is 1.13. The minimum Gasteiger partial charge on any atom is -0.465 e. The third-order valence-corrected chi connectivity index (χ3v) is 2.34. The van der Waals surface area contributed by atoms with Gasteiger partial charge in [0.25, 0.3) is 0 Å². The van der Waals surface area contributed by atoms with Crippen molar-refractivity contribution in [3.63, 3.8) is 0 Å². The summed E-state index contributed by atoms with van der Waals surface area (Å²) in [5.74, 6) is -0.454. The fourth-order valence-corrected chi connectivity index (χ4v) is 1.39. The second-order valence-electron chi connectivity index (χ2n) is 2.99. The first-order valence-corrected chi connectivity index (χ1v) is 4.74. The number of methoxy groups -OCH3 is 1. The Morgan fingerprint density at radius 2 is 2.27 bits per heavy atom. The van der Waals surface area contributed by atoms with E-state index in [2.05, 4.69) is 11.3 Å². The summed E-state index contributed by atoms with van der Waals surface area (Å²) in [5, 5.41) is 0.342. The van der Waals surface area contributed by atoms with Crippen molar-refractivity contribution in [3.05, 3.63) is 40.9 Å². The molecule has 0 saturated carbocycles. The number of halogens is 1. The minimum atomic E-state index is -0.454. The minimum absolute atomic E-state index is 0.340. The molecule has 0 atom stereocenters. The molecule has 0 radical (unpaired) electrons. The monoisotopic (exact) mass is 225 g/mol. The van der Waals surface area contributed by atoms with E-state index >= 15 is 0 Å². The third kappa shape index (κ3) is 2.58. The molecule has 0 unspecified atom stereocenters. The molecule has 15 heavy (non-hydrogen) atoms. The van der Waals surface area contributed by atoms with E-state index in [1.165, 1.54) is 7.11 Å². The molecule has 0 aliphatic heterocycles. The van der Waals surface area contributed by atoms with Crippen LogP contribution in [0.3, 0.4) is 0 Å². The molecule has 80 valence electrons. The molecule has 0 aliphatic carbocycles. The van der Waals surface area contributed by atoms with E-state index < -0.39 is 5.97 Å². The Bertz CT molecular complexity index is 402. The van der Waals surface area contributed by atoms with Crippen LogP contribution < -0.4 is 5.73 Å². The molecule has 0 fully saturated rings. The number of ether oxygens (including phenoxy) is 1. The average molecular weight is 226 g/mol. The summed E-state index contributed by atoms with van der Waals surface area (Å²) < 4.78 is 4.57. The van der Waals surface area contributed by atoms with Crippen LogP contribution in [0, 0.1) is 0 Å². The molecule has 0 heterocycles. The molecule has 2 N–H and O–H groups in total. The summed E-state index contributed by atoms with van der Waals surface area (Å²) in [4.78, 5) is 11.2. The zero-order valence-electron chi connectivity index (χ0n) is 8.42. The summed E-state index contributed by atoms with van der Waals surface area (Å²) in [6, 6.07) is 5.00. The number of nitrogens with two attached hydrogens (primary N) is 1. The molecule has 1 aromatic rings. The topological polar surface area (TPSA) is 52.3 Å². The molecular weight excluding hydrogens is 214 g/mol. The lowest BCUT2D eigenvalue weighted by Gasteiger charge is -2.06. The van der Waals surface area contributed by atoms with Gasteiger partial charge in [-0.1, -0.05) is 24.2 Å². The van der Waals surface area contributed by atoms with E-state index in [9.17, 15) is 4.79 Å². The van der Waals surface area contributed by atoms with Gasteiger partial charge < -0.3 is 10.5 Å². The van der Waals surface area contributed by atoms with E-state index in [0.717, 1.165) is 11.1 Å². The van der Waals surface area contributed by atoms with Crippen molar-refractivity contribution >= 4 is 23.1 Å². The summed E-state index contributed by atoms with van der Waals surface area (Å²) in [6.07, 6.45) is 0. The van der Waals surface area contributed by atoms with Gasteiger partial charge in [0.2, 0.25) is 0 Å². The van der Waals surface area contributed by atoms with Crippen molar-refractivity contribution in [2.45, 2.75) is 0 Å². The number of benzene rings is 1. The smallest absolute Gasteiger partial charge is 0.339 e. The van der Waals surface area contributed by atoms with Crippen molar-refractivity contribution in [1.29, 1.82) is 0 Å². The van der Waals surface area contributed by atoms with Crippen molar-refractivity contribution in [2.24, 2.45) is 5.73 Å². The van der Waals surface area contributed by atoms with Gasteiger partial charge in [-0.25, -0.2) is 4.79 Å². The number of carbonyl (C=O) groups excluding carboxylic acids is 1. The maximum absolute atomic E-state index is 11.2. The molecule has 0 bridgehead atoms. The Hall–Kier alpha value is -1.32. The van der Waals surface area contributed by atoms with Crippen molar-refractivity contribution in [2.75, 3.05) is 13.7 Å². The maximum atomic E-state index is 11.2. The van der Waals surface area contributed by atoms with Crippen molar-refractivity contribution in [1.82, 2.24) is 0 Å². The number of rotatable bonds is 3. The molecule has 4 heteroatoms. The Morgan fingerprint density at radius 3 is 2.73 bits per heavy atom. The van der Waals surface area contributed by atoms with E-state index in [0.29, 0.717) is 17.1 Å². The molecule has 0 aliphatic rings. The van der Waals surface area contributed by atoms with Gasteiger partial charge >= 0.3 is 5.97 Å². The van der Waals surface area contributed by atoms with Crippen LogP contribution in [0.15, 0.2) is 24.8 Å². The van der Waals surface area contributed by atoms with Crippen LogP contribution in [0.1, 0.15) is 15.9 Å². The normalized spacial score (nSPS) is 9.80. The van der Waals surface area contributed by atoms with E-state index in [4.69, 9.17) is 17.3 Å². The van der Waals surface area contributed by atoms with Crippen molar-refractivity contribution < 1.29 is 9.53 Å². The van der Waals surface area contributed by atoms with E-state index in [1.807, 2.05) is 0 Å². The Kier molecular flexibility index (Phi) is 3.88.